The quantitative estimate of drug-likeness (QED) is 0.0934. The summed E-state index contributed by atoms with van der Waals surface area (Å²) in [6.07, 6.45) is -20.1. The van der Waals surface area contributed by atoms with E-state index in [2.05, 4.69) is 5.32 Å². The van der Waals surface area contributed by atoms with Crippen molar-refractivity contribution in [2.24, 2.45) is 0 Å². The summed E-state index contributed by atoms with van der Waals surface area (Å²) in [6.45, 7) is 1.03. The molecule has 15 atom stereocenters. The molecule has 17 nitrogen and oxygen atoms in total. The molecule has 0 saturated carbocycles. The number of nitrogens with one attached hydrogen (secondary N) is 1. The second kappa shape index (κ2) is 15.6. The van der Waals surface area contributed by atoms with Crippen LogP contribution in [0, 0.1) is 0 Å². The Balaban J connectivity index is 1.86. The molecular formula is C24H43NO16. The zero-order valence-electron chi connectivity index (χ0n) is 22.8. The van der Waals surface area contributed by atoms with Gasteiger partial charge in [0.1, 0.15) is 73.2 Å². The van der Waals surface area contributed by atoms with Crippen LogP contribution in [0.4, 0.5) is 0 Å². The Hall–Kier alpha value is -1.13. The molecule has 0 bridgehead atoms. The zero-order valence-corrected chi connectivity index (χ0v) is 22.8. The smallest absolute Gasteiger partial charge is 0.217 e. The molecule has 1 amide bonds. The van der Waals surface area contributed by atoms with Crippen molar-refractivity contribution >= 4 is 5.91 Å². The molecule has 10 N–H and O–H groups in total. The highest BCUT2D eigenvalue weighted by molar-refractivity contribution is 5.73. The summed E-state index contributed by atoms with van der Waals surface area (Å²) in [6, 6.07) is -1.41. The zero-order chi connectivity index (χ0) is 30.4. The van der Waals surface area contributed by atoms with Crippen molar-refractivity contribution in [2.45, 2.75) is 119 Å². The number of aliphatic hydroxyl groups excluding tert-OH is 9. The average molecular weight is 602 g/mol. The van der Waals surface area contributed by atoms with E-state index in [9.17, 15) is 50.8 Å². The van der Waals surface area contributed by atoms with Gasteiger partial charge in [-0.1, -0.05) is 13.3 Å². The highest BCUT2D eigenvalue weighted by Crippen LogP contribution is 2.33. The second-order valence-corrected chi connectivity index (χ2v) is 10.3. The molecule has 3 fully saturated rings. The fraction of sp³-hybridized carbons (Fsp3) is 0.958. The normalized spacial score (nSPS) is 45.4. The topological polar surface area (TPSA) is 267 Å². The monoisotopic (exact) mass is 601 g/mol. The minimum absolute atomic E-state index is 0.167. The van der Waals surface area contributed by atoms with Gasteiger partial charge in [0.25, 0.3) is 0 Å². The van der Waals surface area contributed by atoms with E-state index in [0.29, 0.717) is 6.42 Å². The maximum absolute atomic E-state index is 12.1. The predicted molar refractivity (Wildman–Crippen MR) is 131 cm³/mol. The van der Waals surface area contributed by atoms with Gasteiger partial charge in [-0.3, -0.25) is 4.79 Å². The Morgan fingerprint density at radius 1 is 0.707 bits per heavy atom. The third-order valence-electron chi connectivity index (χ3n) is 7.28. The van der Waals surface area contributed by atoms with Gasteiger partial charge < -0.3 is 79.7 Å². The number of carbonyl (C=O) groups excluding carboxylic acids is 1. The first-order chi connectivity index (χ1) is 19.5. The first-order valence-corrected chi connectivity index (χ1v) is 13.6. The van der Waals surface area contributed by atoms with Gasteiger partial charge >= 0.3 is 0 Å². The van der Waals surface area contributed by atoms with Gasteiger partial charge in [0, 0.05) is 13.5 Å². The molecule has 41 heavy (non-hydrogen) atoms. The molecule has 0 radical (unpaired) electrons. The number of aliphatic hydroxyl groups is 9. The van der Waals surface area contributed by atoms with Crippen molar-refractivity contribution in [2.75, 3.05) is 26.4 Å². The predicted octanol–water partition coefficient (Wildman–Crippen LogP) is -5.60. The van der Waals surface area contributed by atoms with Crippen LogP contribution >= 0.6 is 0 Å². The molecule has 3 aliphatic heterocycles. The maximum Gasteiger partial charge on any atom is 0.217 e. The van der Waals surface area contributed by atoms with Gasteiger partial charge in [-0.15, -0.1) is 0 Å². The largest absolute Gasteiger partial charge is 0.394 e. The molecule has 0 spiro atoms. The van der Waals surface area contributed by atoms with Crippen molar-refractivity contribution in [3.05, 3.63) is 0 Å². The van der Waals surface area contributed by atoms with Crippen LogP contribution in [0.5, 0.6) is 0 Å². The molecule has 0 aliphatic carbocycles. The van der Waals surface area contributed by atoms with Crippen LogP contribution in [0.1, 0.15) is 26.7 Å². The van der Waals surface area contributed by atoms with E-state index in [1.54, 1.807) is 0 Å². The van der Waals surface area contributed by atoms with Crippen molar-refractivity contribution < 1.29 is 79.2 Å². The van der Waals surface area contributed by atoms with Crippen molar-refractivity contribution in [1.82, 2.24) is 5.32 Å². The summed E-state index contributed by atoms with van der Waals surface area (Å²) in [5, 5.41) is 94.4. The SMILES string of the molecule is CCCCOC1[C@H](O[C@@H]2OC(CO)[C@H](O[C@H]3OC(CO)[C@@H](O)[C@H](O)C3O)C(O)[C@@H]2NC(C)=O)C(CO)O[C@H](O)[C@@H]1O. The minimum atomic E-state index is -1.83. The van der Waals surface area contributed by atoms with E-state index in [0.717, 1.165) is 13.3 Å². The van der Waals surface area contributed by atoms with Gasteiger partial charge in [-0.05, 0) is 6.42 Å². The lowest BCUT2D eigenvalue weighted by atomic mass is 9.94. The third kappa shape index (κ3) is 7.88. The number of amides is 1. The van der Waals surface area contributed by atoms with E-state index in [4.69, 9.17) is 28.4 Å². The van der Waals surface area contributed by atoms with Crippen LogP contribution in [0.2, 0.25) is 0 Å². The highest BCUT2D eigenvalue weighted by Gasteiger charge is 2.54. The van der Waals surface area contributed by atoms with Gasteiger partial charge in [-0.25, -0.2) is 0 Å². The molecule has 3 heterocycles. The number of carbonyl (C=O) groups is 1. The Kier molecular flexibility index (Phi) is 13.0. The van der Waals surface area contributed by atoms with Gasteiger partial charge in [-0.2, -0.15) is 0 Å². The standard InChI is InChI=1S/C24H43NO16/c1-3-4-5-36-21-18(34)22(35)37-12(8-28)20(21)41-23-13(25-9(2)29)15(31)19(11(7-27)39-23)40-24-17(33)16(32)14(30)10(6-26)38-24/h10-24,26-28,30-35H,3-8H2,1-2H3,(H,25,29)/t10?,11?,12?,13-,14+,15?,16-,17?,18+,19-,20+,21?,22-,23-,24+/m0/s1. The molecule has 3 saturated heterocycles. The van der Waals surface area contributed by atoms with Gasteiger partial charge in [0.05, 0.1) is 19.8 Å². The number of hydrogen-bond donors (Lipinski definition) is 10. The fourth-order valence-corrected chi connectivity index (χ4v) is 5.00. The van der Waals surface area contributed by atoms with Crippen LogP contribution in [0.25, 0.3) is 0 Å². The Labute approximate surface area is 236 Å². The van der Waals surface area contributed by atoms with Crippen LogP contribution in [-0.2, 0) is 33.2 Å². The van der Waals surface area contributed by atoms with Crippen molar-refractivity contribution in [3.63, 3.8) is 0 Å². The first kappa shape index (κ1) is 34.4. The summed E-state index contributed by atoms with van der Waals surface area (Å²) >= 11 is 0. The molecular weight excluding hydrogens is 558 g/mol. The Morgan fingerprint density at radius 3 is 1.88 bits per heavy atom. The summed E-state index contributed by atoms with van der Waals surface area (Å²) in [7, 11) is 0. The molecule has 6 unspecified atom stereocenters. The molecule has 17 heteroatoms. The lowest BCUT2D eigenvalue weighted by molar-refractivity contribution is -0.367. The van der Waals surface area contributed by atoms with E-state index < -0.39 is 118 Å². The second-order valence-electron chi connectivity index (χ2n) is 10.3. The molecule has 0 aromatic heterocycles. The Bertz CT molecular complexity index is 808. The Morgan fingerprint density at radius 2 is 1.29 bits per heavy atom. The lowest BCUT2D eigenvalue weighted by Crippen LogP contribution is -2.69. The summed E-state index contributed by atoms with van der Waals surface area (Å²) in [5.41, 5.74) is 0. The van der Waals surface area contributed by atoms with Crippen LogP contribution in [0.15, 0.2) is 0 Å². The van der Waals surface area contributed by atoms with E-state index in [-0.39, 0.29) is 6.61 Å². The van der Waals surface area contributed by atoms with Crippen LogP contribution in [-0.4, -0.2) is 170 Å². The van der Waals surface area contributed by atoms with E-state index in [1.165, 1.54) is 0 Å². The number of hydrogen-bond acceptors (Lipinski definition) is 16. The molecule has 3 rings (SSSR count). The molecule has 0 aromatic carbocycles. The molecule has 0 aromatic rings. The van der Waals surface area contributed by atoms with Gasteiger partial charge in [0.15, 0.2) is 18.9 Å². The van der Waals surface area contributed by atoms with Gasteiger partial charge in [0.2, 0.25) is 5.91 Å². The summed E-state index contributed by atoms with van der Waals surface area (Å²) in [4.78, 5) is 12.1. The molecule has 3 aliphatic rings. The number of ether oxygens (including phenoxy) is 6. The first-order valence-electron chi connectivity index (χ1n) is 13.6. The average Bonchev–Trinajstić information content (AvgIpc) is 2.95. The third-order valence-corrected chi connectivity index (χ3v) is 7.28. The minimum Gasteiger partial charge on any atom is -0.394 e. The maximum atomic E-state index is 12.1. The summed E-state index contributed by atoms with van der Waals surface area (Å²) < 4.78 is 33.9. The lowest BCUT2D eigenvalue weighted by Gasteiger charge is -2.49. The number of rotatable bonds is 12. The van der Waals surface area contributed by atoms with Crippen LogP contribution < -0.4 is 5.32 Å². The van der Waals surface area contributed by atoms with E-state index >= 15 is 0 Å². The fourth-order valence-electron chi connectivity index (χ4n) is 5.00. The summed E-state index contributed by atoms with van der Waals surface area (Å²) in [5.74, 6) is -0.634. The highest BCUT2D eigenvalue weighted by atomic mass is 16.7. The number of unbranched alkanes of at least 4 members (excludes halogenated alkanes) is 1. The van der Waals surface area contributed by atoms with Crippen molar-refractivity contribution in [3.8, 4) is 0 Å². The molecule has 240 valence electrons. The van der Waals surface area contributed by atoms with Crippen molar-refractivity contribution in [1.29, 1.82) is 0 Å². The van der Waals surface area contributed by atoms with Crippen LogP contribution in [0.3, 0.4) is 0 Å². The van der Waals surface area contributed by atoms with E-state index in [1.807, 2.05) is 6.92 Å².